The predicted molar refractivity (Wildman–Crippen MR) is 86.8 cm³/mol. The smallest absolute Gasteiger partial charge is 0.317 e. The minimum Gasteiger partial charge on any atom is -0.317 e. The fourth-order valence-electron chi connectivity index (χ4n) is 2.36. The van der Waals surface area contributed by atoms with E-state index in [0.29, 0.717) is 5.56 Å². The van der Waals surface area contributed by atoms with Crippen LogP contribution in [-0.2, 0) is 11.3 Å². The number of hydrogen-bond acceptors (Lipinski definition) is 2. The number of benzene rings is 1. The number of aromatic nitrogens is 2. The summed E-state index contributed by atoms with van der Waals surface area (Å²) in [5.41, 5.74) is -0.265. The number of nitrogens with zero attached hydrogens (tertiary/aromatic N) is 2. The molecule has 0 saturated heterocycles. The Bertz CT molecular complexity index is 939. The molecule has 0 atom stereocenters. The summed E-state index contributed by atoms with van der Waals surface area (Å²) >= 11 is 5.88. The van der Waals surface area contributed by atoms with E-state index in [1.165, 1.54) is 25.2 Å². The fraction of sp³-hybridized carbons (Fsp3) is 0.375. The number of amides is 1. The van der Waals surface area contributed by atoms with E-state index in [9.17, 15) is 39.9 Å². The molecule has 29 heavy (non-hydrogen) atoms. The van der Waals surface area contributed by atoms with E-state index in [1.807, 2.05) is 0 Å². The van der Waals surface area contributed by atoms with Crippen LogP contribution in [-0.4, -0.2) is 33.7 Å². The molecule has 0 spiro atoms. The minimum absolute atomic E-state index is 0.0134. The lowest BCUT2D eigenvalue weighted by atomic mass is 10.1. The second-order valence-corrected chi connectivity index (χ2v) is 6.45. The highest BCUT2D eigenvalue weighted by molar-refractivity contribution is 6.31. The number of alkyl halides is 7. The predicted octanol–water partition coefficient (Wildman–Crippen LogP) is 5.11. The second-order valence-electron chi connectivity index (χ2n) is 6.04. The van der Waals surface area contributed by atoms with Gasteiger partial charge in [-0.25, -0.2) is 4.39 Å². The van der Waals surface area contributed by atoms with Crippen molar-refractivity contribution in [2.45, 2.75) is 38.4 Å². The van der Waals surface area contributed by atoms with Gasteiger partial charge in [-0.3, -0.25) is 9.48 Å². The topological polar surface area (TPSA) is 46.9 Å². The summed E-state index contributed by atoms with van der Waals surface area (Å²) in [6.45, 7) is 2.36. The van der Waals surface area contributed by atoms with Crippen LogP contribution in [0, 0.1) is 19.7 Å². The minimum atomic E-state index is -6.64. The average molecular weight is 450 g/mol. The van der Waals surface area contributed by atoms with Crippen LogP contribution in [0.4, 0.5) is 40.8 Å². The van der Waals surface area contributed by atoms with Crippen LogP contribution in [0.2, 0.25) is 5.02 Å². The summed E-state index contributed by atoms with van der Waals surface area (Å²) in [5.74, 6) is -16.1. The molecule has 0 fully saturated rings. The molecule has 13 heteroatoms. The Morgan fingerprint density at radius 1 is 1.14 bits per heavy atom. The maximum Gasteiger partial charge on any atom is 0.460 e. The Balaban J connectivity index is 2.32. The Morgan fingerprint density at radius 2 is 1.72 bits per heavy atom. The number of nitrogens with one attached hydrogen (secondary N) is 1. The van der Waals surface area contributed by atoms with Crippen molar-refractivity contribution in [1.29, 1.82) is 0 Å². The van der Waals surface area contributed by atoms with Crippen molar-refractivity contribution in [2.75, 3.05) is 5.32 Å². The molecular formula is C16H12ClF8N3O. The first-order valence-corrected chi connectivity index (χ1v) is 8.09. The van der Waals surface area contributed by atoms with Crippen molar-refractivity contribution in [3.8, 4) is 0 Å². The van der Waals surface area contributed by atoms with E-state index in [0.717, 1.165) is 16.8 Å². The van der Waals surface area contributed by atoms with Gasteiger partial charge in [-0.05, 0) is 31.5 Å². The Morgan fingerprint density at radius 3 is 2.24 bits per heavy atom. The number of halogens is 9. The van der Waals surface area contributed by atoms with Crippen molar-refractivity contribution < 1.29 is 39.9 Å². The first-order chi connectivity index (χ1) is 13.1. The van der Waals surface area contributed by atoms with Crippen LogP contribution >= 0.6 is 11.6 Å². The highest BCUT2D eigenvalue weighted by Gasteiger charge is 2.76. The van der Waals surface area contributed by atoms with E-state index in [-0.39, 0.29) is 23.0 Å². The van der Waals surface area contributed by atoms with E-state index >= 15 is 0 Å². The molecule has 160 valence electrons. The number of rotatable bonds is 5. The fourth-order valence-corrected chi connectivity index (χ4v) is 2.58. The third-order valence-corrected chi connectivity index (χ3v) is 4.34. The van der Waals surface area contributed by atoms with Crippen LogP contribution in [0.5, 0.6) is 0 Å². The summed E-state index contributed by atoms with van der Waals surface area (Å²) in [6, 6.07) is 3.41. The first kappa shape index (κ1) is 22.9. The van der Waals surface area contributed by atoms with Crippen LogP contribution in [0.15, 0.2) is 18.2 Å². The Kier molecular flexibility index (Phi) is 5.90. The summed E-state index contributed by atoms with van der Waals surface area (Å²) in [4.78, 5) is 11.6. The lowest BCUT2D eigenvalue weighted by molar-refractivity contribution is -0.343. The number of anilines is 1. The van der Waals surface area contributed by atoms with Gasteiger partial charge in [-0.1, -0.05) is 17.7 Å². The number of carbonyl (C=O) groups excluding carboxylic acids is 1. The van der Waals surface area contributed by atoms with Crippen LogP contribution < -0.4 is 5.32 Å². The summed E-state index contributed by atoms with van der Waals surface area (Å²) in [7, 11) is 0. The van der Waals surface area contributed by atoms with Crippen LogP contribution in [0.3, 0.4) is 0 Å². The molecule has 0 aliphatic carbocycles. The van der Waals surface area contributed by atoms with Gasteiger partial charge < -0.3 is 5.32 Å². The zero-order chi connectivity index (χ0) is 22.4. The van der Waals surface area contributed by atoms with Gasteiger partial charge in [-0.15, -0.1) is 0 Å². The number of carbonyl (C=O) groups is 1. The van der Waals surface area contributed by atoms with E-state index in [2.05, 4.69) is 5.10 Å². The molecule has 0 bridgehead atoms. The molecule has 1 N–H and O–H groups in total. The molecule has 1 heterocycles. The number of hydrogen-bond donors (Lipinski definition) is 1. The van der Waals surface area contributed by atoms with Gasteiger partial charge in [0.1, 0.15) is 5.82 Å². The van der Waals surface area contributed by atoms with Gasteiger partial charge >= 0.3 is 23.9 Å². The normalized spacial score (nSPS) is 12.9. The molecule has 0 unspecified atom stereocenters. The largest absolute Gasteiger partial charge is 0.460 e. The summed E-state index contributed by atoms with van der Waals surface area (Å²) < 4.78 is 104. The molecule has 0 saturated carbocycles. The molecule has 0 aliphatic rings. The Labute approximate surface area is 163 Å². The van der Waals surface area contributed by atoms with Gasteiger partial charge in [0.2, 0.25) is 0 Å². The quantitative estimate of drug-likeness (QED) is 0.645. The monoisotopic (exact) mass is 449 g/mol. The lowest BCUT2D eigenvalue weighted by Gasteiger charge is -2.27. The van der Waals surface area contributed by atoms with Gasteiger partial charge in [-0.2, -0.15) is 35.8 Å². The highest BCUT2D eigenvalue weighted by atomic mass is 35.5. The molecule has 0 aliphatic heterocycles. The van der Waals surface area contributed by atoms with Gasteiger partial charge in [0.15, 0.2) is 0 Å². The average Bonchev–Trinajstić information content (AvgIpc) is 2.83. The van der Waals surface area contributed by atoms with Gasteiger partial charge in [0.25, 0.3) is 0 Å². The van der Waals surface area contributed by atoms with Crippen molar-refractivity contribution in [3.05, 3.63) is 46.0 Å². The molecule has 1 aromatic carbocycles. The van der Waals surface area contributed by atoms with Crippen LogP contribution in [0.25, 0.3) is 0 Å². The zero-order valence-corrected chi connectivity index (χ0v) is 15.4. The van der Waals surface area contributed by atoms with E-state index < -0.39 is 35.4 Å². The summed E-state index contributed by atoms with van der Waals surface area (Å²) in [5, 5.41) is 5.31. The lowest BCUT2D eigenvalue weighted by Crippen LogP contribution is -2.57. The molecule has 1 amide bonds. The summed E-state index contributed by atoms with van der Waals surface area (Å²) in [6.07, 6.45) is -6.64. The van der Waals surface area contributed by atoms with Gasteiger partial charge in [0.05, 0.1) is 23.6 Å². The SMILES string of the molecule is Cc1nn(Cc2ccc(F)cc2Cl)c(C)c1NC(=O)C(F)(F)C(F)(F)C(F)(F)F. The number of aryl methyl sites for hydroxylation is 1. The zero-order valence-electron chi connectivity index (χ0n) is 14.6. The van der Waals surface area contributed by atoms with Crippen molar-refractivity contribution in [2.24, 2.45) is 0 Å². The molecule has 0 radical (unpaired) electrons. The Hall–Kier alpha value is -2.37. The third kappa shape index (κ3) is 4.16. The maximum atomic E-state index is 13.5. The standard InChI is InChI=1S/C16H12ClF8N3O/c1-7-12(26-13(29)14(19,20)15(21,22)16(23,24)25)8(2)28(27-7)6-9-3-4-10(18)5-11(9)17/h3-5H,6H2,1-2H3,(H,26,29). The molecule has 2 rings (SSSR count). The molecular weight excluding hydrogens is 438 g/mol. The second kappa shape index (κ2) is 7.47. The molecule has 1 aromatic heterocycles. The van der Waals surface area contributed by atoms with Gasteiger partial charge in [0, 0.05) is 5.02 Å². The molecule has 2 aromatic rings. The third-order valence-electron chi connectivity index (χ3n) is 3.99. The van der Waals surface area contributed by atoms with Crippen LogP contribution in [0.1, 0.15) is 17.0 Å². The van der Waals surface area contributed by atoms with Crippen molar-refractivity contribution >= 4 is 23.2 Å². The highest BCUT2D eigenvalue weighted by Crippen LogP contribution is 2.47. The first-order valence-electron chi connectivity index (χ1n) is 7.71. The van der Waals surface area contributed by atoms with E-state index in [1.54, 1.807) is 0 Å². The molecule has 4 nitrogen and oxygen atoms in total. The van der Waals surface area contributed by atoms with Crippen molar-refractivity contribution in [3.63, 3.8) is 0 Å². The van der Waals surface area contributed by atoms with E-state index in [4.69, 9.17) is 11.6 Å². The van der Waals surface area contributed by atoms with Crippen molar-refractivity contribution in [1.82, 2.24) is 9.78 Å². The maximum absolute atomic E-state index is 13.5.